The van der Waals surface area contributed by atoms with E-state index in [-0.39, 0.29) is 12.5 Å². The van der Waals surface area contributed by atoms with Crippen LogP contribution in [0.3, 0.4) is 0 Å². The van der Waals surface area contributed by atoms with Crippen molar-refractivity contribution in [3.63, 3.8) is 0 Å². The normalized spacial score (nSPS) is 11.8. The van der Waals surface area contributed by atoms with E-state index in [0.29, 0.717) is 17.4 Å². The minimum Gasteiger partial charge on any atom is -0.481 e. The third-order valence-electron chi connectivity index (χ3n) is 3.33. The Morgan fingerprint density at radius 1 is 1.35 bits per heavy atom. The van der Waals surface area contributed by atoms with E-state index in [4.69, 9.17) is 21.4 Å². The number of nitrogens with zero attached hydrogens (tertiary/aromatic N) is 2. The molecule has 2 aromatic rings. The Morgan fingerprint density at radius 3 is 2.78 bits per heavy atom. The van der Waals surface area contributed by atoms with Gasteiger partial charge in [-0.15, -0.1) is 0 Å². The van der Waals surface area contributed by atoms with E-state index < -0.39 is 6.10 Å². The molecule has 1 heterocycles. The number of carbonyl (C=O) groups excluding carboxylic acids is 1. The molecule has 0 saturated carbocycles. The number of pyridine rings is 1. The van der Waals surface area contributed by atoms with Gasteiger partial charge in [-0.2, -0.15) is 0 Å². The Balaban J connectivity index is 1.96. The van der Waals surface area contributed by atoms with Gasteiger partial charge in [0.2, 0.25) is 0 Å². The average molecular weight is 335 g/mol. The molecule has 0 aliphatic rings. The zero-order valence-corrected chi connectivity index (χ0v) is 13.8. The molecule has 1 atom stereocenters. The smallest absolute Gasteiger partial charge is 0.263 e. The predicted octanol–water partition coefficient (Wildman–Crippen LogP) is 2.65. The molecule has 0 bridgehead atoms. The van der Waals surface area contributed by atoms with Gasteiger partial charge in [0.1, 0.15) is 10.9 Å². The average Bonchev–Trinajstić information content (AvgIpc) is 2.56. The van der Waals surface area contributed by atoms with E-state index in [9.17, 15) is 4.79 Å². The monoisotopic (exact) mass is 334 g/mol. The van der Waals surface area contributed by atoms with E-state index in [1.54, 1.807) is 55.4 Å². The highest BCUT2D eigenvalue weighted by atomic mass is 35.5. The van der Waals surface area contributed by atoms with Crippen molar-refractivity contribution in [3.8, 4) is 5.75 Å². The SMILES string of the molecule is CC(Oc1cccc(CO)c1)C(=O)N(C)Cc1ccc(Cl)nc1. The lowest BCUT2D eigenvalue weighted by atomic mass is 10.2. The molecule has 5 nitrogen and oxygen atoms in total. The van der Waals surface area contributed by atoms with Gasteiger partial charge >= 0.3 is 0 Å². The number of aliphatic hydroxyl groups is 1. The van der Waals surface area contributed by atoms with Gasteiger partial charge in [0, 0.05) is 19.8 Å². The zero-order chi connectivity index (χ0) is 16.8. The number of ether oxygens (including phenoxy) is 1. The molecule has 1 N–H and O–H groups in total. The molecule has 2 rings (SSSR count). The van der Waals surface area contributed by atoms with Crippen molar-refractivity contribution in [1.82, 2.24) is 9.88 Å². The molecule has 0 fully saturated rings. The summed E-state index contributed by atoms with van der Waals surface area (Å²) in [6.45, 7) is 2.06. The Labute approximate surface area is 140 Å². The number of amides is 1. The molecule has 0 aliphatic heterocycles. The highest BCUT2D eigenvalue weighted by Gasteiger charge is 2.19. The highest BCUT2D eigenvalue weighted by Crippen LogP contribution is 2.16. The van der Waals surface area contributed by atoms with Crippen molar-refractivity contribution in [2.45, 2.75) is 26.2 Å². The van der Waals surface area contributed by atoms with Crippen molar-refractivity contribution in [2.75, 3.05) is 7.05 Å². The first-order valence-corrected chi connectivity index (χ1v) is 7.59. The fourth-order valence-corrected chi connectivity index (χ4v) is 2.25. The van der Waals surface area contributed by atoms with Gasteiger partial charge < -0.3 is 14.7 Å². The first-order valence-electron chi connectivity index (χ1n) is 7.21. The number of hydrogen-bond acceptors (Lipinski definition) is 4. The van der Waals surface area contributed by atoms with Crippen molar-refractivity contribution in [1.29, 1.82) is 0 Å². The van der Waals surface area contributed by atoms with E-state index in [1.165, 1.54) is 0 Å². The summed E-state index contributed by atoms with van der Waals surface area (Å²) in [6, 6.07) is 10.6. The number of likely N-dealkylation sites (N-methyl/N-ethyl adjacent to an activating group) is 1. The third-order valence-corrected chi connectivity index (χ3v) is 3.55. The molecule has 122 valence electrons. The summed E-state index contributed by atoms with van der Waals surface area (Å²) in [4.78, 5) is 17.9. The van der Waals surface area contributed by atoms with Crippen LogP contribution in [-0.4, -0.2) is 34.0 Å². The van der Waals surface area contributed by atoms with Crippen LogP contribution in [0.15, 0.2) is 42.6 Å². The Hall–Kier alpha value is -2.11. The number of aliphatic hydroxyl groups excluding tert-OH is 1. The van der Waals surface area contributed by atoms with Crippen molar-refractivity contribution >= 4 is 17.5 Å². The number of halogens is 1. The van der Waals surface area contributed by atoms with Crippen LogP contribution in [0.5, 0.6) is 5.75 Å². The van der Waals surface area contributed by atoms with Crippen LogP contribution >= 0.6 is 11.6 Å². The number of benzene rings is 1. The molecule has 1 unspecified atom stereocenters. The number of carbonyl (C=O) groups is 1. The van der Waals surface area contributed by atoms with E-state index >= 15 is 0 Å². The minimum absolute atomic E-state index is 0.0665. The summed E-state index contributed by atoms with van der Waals surface area (Å²) in [5, 5.41) is 9.55. The van der Waals surface area contributed by atoms with Crippen LogP contribution in [0.1, 0.15) is 18.1 Å². The van der Waals surface area contributed by atoms with Gasteiger partial charge in [-0.25, -0.2) is 4.98 Å². The first kappa shape index (κ1) is 17.2. The van der Waals surface area contributed by atoms with E-state index in [0.717, 1.165) is 11.1 Å². The maximum Gasteiger partial charge on any atom is 0.263 e. The Kier molecular flexibility index (Phi) is 5.96. The van der Waals surface area contributed by atoms with Crippen LogP contribution in [0, 0.1) is 0 Å². The number of aromatic nitrogens is 1. The summed E-state index contributed by atoms with van der Waals surface area (Å²) in [6.07, 6.45) is 1.01. The largest absolute Gasteiger partial charge is 0.481 e. The molecule has 0 aliphatic carbocycles. The van der Waals surface area contributed by atoms with Crippen LogP contribution in [0.2, 0.25) is 5.15 Å². The topological polar surface area (TPSA) is 62.7 Å². The summed E-state index contributed by atoms with van der Waals surface area (Å²) in [7, 11) is 1.71. The van der Waals surface area contributed by atoms with Gasteiger partial charge in [-0.1, -0.05) is 29.8 Å². The summed E-state index contributed by atoms with van der Waals surface area (Å²) in [5.74, 6) is 0.410. The van der Waals surface area contributed by atoms with E-state index in [2.05, 4.69) is 4.98 Å². The Morgan fingerprint density at radius 2 is 2.13 bits per heavy atom. The van der Waals surface area contributed by atoms with Crippen LogP contribution in [-0.2, 0) is 17.9 Å². The maximum atomic E-state index is 12.4. The molecule has 6 heteroatoms. The van der Waals surface area contributed by atoms with Gasteiger partial charge in [0.15, 0.2) is 6.10 Å². The van der Waals surface area contributed by atoms with Gasteiger partial charge in [-0.3, -0.25) is 4.79 Å². The lowest BCUT2D eigenvalue weighted by molar-refractivity contribution is -0.137. The van der Waals surface area contributed by atoms with Crippen LogP contribution in [0.25, 0.3) is 0 Å². The summed E-state index contributed by atoms with van der Waals surface area (Å²) < 4.78 is 5.66. The van der Waals surface area contributed by atoms with Gasteiger partial charge in [0.05, 0.1) is 6.61 Å². The maximum absolute atomic E-state index is 12.4. The number of hydrogen-bond donors (Lipinski definition) is 1. The predicted molar refractivity (Wildman–Crippen MR) is 88.2 cm³/mol. The highest BCUT2D eigenvalue weighted by molar-refractivity contribution is 6.29. The lowest BCUT2D eigenvalue weighted by Crippen LogP contribution is -2.37. The van der Waals surface area contributed by atoms with Gasteiger partial charge in [0.25, 0.3) is 5.91 Å². The molecule has 23 heavy (non-hydrogen) atoms. The van der Waals surface area contributed by atoms with Crippen LogP contribution < -0.4 is 4.74 Å². The standard InChI is InChI=1S/C17H19ClN2O3/c1-12(23-15-5-3-4-13(8-15)11-21)17(22)20(2)10-14-6-7-16(18)19-9-14/h3-9,12,21H,10-11H2,1-2H3. The zero-order valence-electron chi connectivity index (χ0n) is 13.1. The van der Waals surface area contributed by atoms with Gasteiger partial charge in [-0.05, 0) is 36.2 Å². The molecule has 1 amide bonds. The molecule has 1 aromatic carbocycles. The van der Waals surface area contributed by atoms with Crippen molar-refractivity contribution < 1.29 is 14.6 Å². The minimum atomic E-state index is -0.630. The second-order valence-electron chi connectivity index (χ2n) is 5.25. The molecular formula is C17H19ClN2O3. The van der Waals surface area contributed by atoms with Crippen LogP contribution in [0.4, 0.5) is 0 Å². The van der Waals surface area contributed by atoms with Crippen molar-refractivity contribution in [3.05, 3.63) is 58.9 Å². The quantitative estimate of drug-likeness (QED) is 0.825. The molecule has 0 radical (unpaired) electrons. The third kappa shape index (κ3) is 4.94. The molecule has 0 saturated heterocycles. The molecule has 0 spiro atoms. The first-order chi connectivity index (χ1) is 11.0. The van der Waals surface area contributed by atoms with Crippen molar-refractivity contribution in [2.24, 2.45) is 0 Å². The fourth-order valence-electron chi connectivity index (χ4n) is 2.13. The Bertz CT molecular complexity index is 661. The second kappa shape index (κ2) is 7.94. The second-order valence-corrected chi connectivity index (χ2v) is 5.64. The molecule has 1 aromatic heterocycles. The van der Waals surface area contributed by atoms with E-state index in [1.807, 2.05) is 6.07 Å². The number of rotatable bonds is 6. The lowest BCUT2D eigenvalue weighted by Gasteiger charge is -2.22. The summed E-state index contributed by atoms with van der Waals surface area (Å²) >= 11 is 5.75. The molecular weight excluding hydrogens is 316 g/mol. The fraction of sp³-hybridized carbons (Fsp3) is 0.294. The summed E-state index contributed by atoms with van der Waals surface area (Å²) in [5.41, 5.74) is 1.63.